The molecule has 0 fully saturated rings. The van der Waals surface area contributed by atoms with E-state index in [0.717, 1.165) is 5.56 Å². The Balaban J connectivity index is 1.34. The van der Waals surface area contributed by atoms with Crippen molar-refractivity contribution in [2.24, 2.45) is 0 Å². The van der Waals surface area contributed by atoms with E-state index in [0.29, 0.717) is 29.5 Å². The van der Waals surface area contributed by atoms with Gasteiger partial charge in [0.2, 0.25) is 11.8 Å². The van der Waals surface area contributed by atoms with E-state index in [1.54, 1.807) is 30.3 Å². The minimum atomic E-state index is -0.329. The third-order valence-corrected chi connectivity index (χ3v) is 4.22. The topological polar surface area (TPSA) is 81.4 Å². The van der Waals surface area contributed by atoms with Crippen LogP contribution in [0.25, 0.3) is 23.1 Å². The summed E-state index contributed by atoms with van der Waals surface area (Å²) in [5.41, 5.74) is 2.18. The average Bonchev–Trinajstić information content (AvgIpc) is 3.20. The van der Waals surface area contributed by atoms with Crippen molar-refractivity contribution in [1.82, 2.24) is 25.1 Å². The summed E-state index contributed by atoms with van der Waals surface area (Å²) in [4.78, 5) is 11.9. The van der Waals surface area contributed by atoms with Crippen molar-refractivity contribution < 1.29 is 13.9 Å². The maximum atomic E-state index is 13.2. The number of hydrogen-bond acceptors (Lipinski definition) is 5. The molecule has 150 valence electrons. The van der Waals surface area contributed by atoms with Gasteiger partial charge in [-0.15, -0.1) is 15.3 Å². The van der Waals surface area contributed by atoms with Crippen LogP contribution < -0.4 is 10.1 Å². The lowest BCUT2D eigenvalue weighted by molar-refractivity contribution is -0.116. The van der Waals surface area contributed by atoms with Crippen molar-refractivity contribution >= 4 is 17.6 Å². The molecule has 2 aromatic heterocycles. The van der Waals surface area contributed by atoms with Gasteiger partial charge in [-0.25, -0.2) is 4.39 Å². The molecular formula is C22H18FN5O2. The number of halogens is 1. The first-order valence-electron chi connectivity index (χ1n) is 9.31. The SMILES string of the molecule is O=C(/C=C/c1ccccc1)NCCOc1ccc2nnc(-c3ccc(F)cc3)n2n1. The molecule has 0 unspecified atom stereocenters. The first-order valence-corrected chi connectivity index (χ1v) is 9.31. The molecule has 1 N–H and O–H groups in total. The molecule has 4 aromatic rings. The summed E-state index contributed by atoms with van der Waals surface area (Å²) in [6.07, 6.45) is 3.22. The maximum Gasteiger partial charge on any atom is 0.244 e. The Hall–Kier alpha value is -4.07. The molecule has 0 atom stereocenters. The fourth-order valence-electron chi connectivity index (χ4n) is 2.75. The number of aromatic nitrogens is 4. The van der Waals surface area contributed by atoms with Gasteiger partial charge in [0.05, 0.1) is 6.54 Å². The maximum absolute atomic E-state index is 13.2. The van der Waals surface area contributed by atoms with Crippen LogP contribution in [0.3, 0.4) is 0 Å². The number of fused-ring (bicyclic) bond motifs is 1. The van der Waals surface area contributed by atoms with Crippen LogP contribution in [0.4, 0.5) is 4.39 Å². The van der Waals surface area contributed by atoms with Crippen LogP contribution in [0.1, 0.15) is 5.56 Å². The van der Waals surface area contributed by atoms with Crippen molar-refractivity contribution in [2.45, 2.75) is 0 Å². The average molecular weight is 403 g/mol. The summed E-state index contributed by atoms with van der Waals surface area (Å²) in [5.74, 6) is 0.308. The molecule has 4 rings (SSSR count). The molecule has 2 aromatic carbocycles. The zero-order chi connectivity index (χ0) is 20.8. The molecule has 8 heteroatoms. The van der Waals surface area contributed by atoms with Crippen LogP contribution in [-0.4, -0.2) is 38.9 Å². The second-order valence-electron chi connectivity index (χ2n) is 6.36. The molecule has 0 saturated heterocycles. The lowest BCUT2D eigenvalue weighted by Crippen LogP contribution is -2.26. The normalized spacial score (nSPS) is 11.1. The van der Waals surface area contributed by atoms with Crippen LogP contribution in [0.15, 0.2) is 72.8 Å². The van der Waals surface area contributed by atoms with Crippen molar-refractivity contribution in [3.63, 3.8) is 0 Å². The quantitative estimate of drug-likeness (QED) is 0.379. The molecule has 0 spiro atoms. The Kier molecular flexibility index (Phi) is 5.75. The van der Waals surface area contributed by atoms with Crippen LogP contribution in [-0.2, 0) is 4.79 Å². The second-order valence-corrected chi connectivity index (χ2v) is 6.36. The number of benzene rings is 2. The predicted molar refractivity (Wildman–Crippen MR) is 110 cm³/mol. The second kappa shape index (κ2) is 8.95. The molecule has 0 aliphatic heterocycles. The van der Waals surface area contributed by atoms with E-state index in [1.807, 2.05) is 30.3 Å². The molecular weight excluding hydrogens is 385 g/mol. The molecule has 0 aliphatic carbocycles. The molecule has 0 aliphatic rings. The number of hydrogen-bond donors (Lipinski definition) is 1. The summed E-state index contributed by atoms with van der Waals surface area (Å²) in [5, 5.41) is 15.3. The third-order valence-electron chi connectivity index (χ3n) is 4.22. The van der Waals surface area contributed by atoms with Gasteiger partial charge >= 0.3 is 0 Å². The number of ether oxygens (including phenoxy) is 1. The van der Waals surface area contributed by atoms with Gasteiger partial charge in [-0.1, -0.05) is 30.3 Å². The zero-order valence-corrected chi connectivity index (χ0v) is 15.9. The minimum Gasteiger partial charge on any atom is -0.475 e. The van der Waals surface area contributed by atoms with E-state index in [2.05, 4.69) is 20.6 Å². The summed E-state index contributed by atoms with van der Waals surface area (Å²) >= 11 is 0. The lowest BCUT2D eigenvalue weighted by atomic mass is 10.2. The van der Waals surface area contributed by atoms with Gasteiger partial charge in [0.1, 0.15) is 12.4 Å². The highest BCUT2D eigenvalue weighted by Crippen LogP contribution is 2.19. The van der Waals surface area contributed by atoms with E-state index in [4.69, 9.17) is 4.74 Å². The lowest BCUT2D eigenvalue weighted by Gasteiger charge is -2.06. The first-order chi connectivity index (χ1) is 14.7. The van der Waals surface area contributed by atoms with Gasteiger partial charge < -0.3 is 10.1 Å². The standard InChI is InChI=1S/C22H18FN5O2/c23-18-9-7-17(8-10-18)22-26-25-19-11-13-21(27-28(19)22)30-15-14-24-20(29)12-6-16-4-2-1-3-5-16/h1-13H,14-15H2,(H,24,29)/b12-6+. The Bertz CT molecular complexity index is 1170. The van der Waals surface area contributed by atoms with Crippen LogP contribution in [0.2, 0.25) is 0 Å². The number of amides is 1. The van der Waals surface area contributed by atoms with E-state index >= 15 is 0 Å². The molecule has 0 radical (unpaired) electrons. The van der Waals surface area contributed by atoms with Gasteiger partial charge in [0.15, 0.2) is 11.5 Å². The number of carbonyl (C=O) groups excluding carboxylic acids is 1. The highest BCUT2D eigenvalue weighted by Gasteiger charge is 2.10. The summed E-state index contributed by atoms with van der Waals surface area (Å²) in [7, 11) is 0. The largest absolute Gasteiger partial charge is 0.475 e. The molecule has 7 nitrogen and oxygen atoms in total. The fourth-order valence-corrected chi connectivity index (χ4v) is 2.75. The summed E-state index contributed by atoms with van der Waals surface area (Å²) in [6, 6.07) is 18.9. The highest BCUT2D eigenvalue weighted by atomic mass is 19.1. The van der Waals surface area contributed by atoms with Gasteiger partial charge in [-0.2, -0.15) is 4.52 Å². The van der Waals surface area contributed by atoms with E-state index < -0.39 is 0 Å². The smallest absolute Gasteiger partial charge is 0.244 e. The van der Waals surface area contributed by atoms with Crippen molar-refractivity contribution in [3.05, 3.63) is 84.2 Å². The summed E-state index contributed by atoms with van der Waals surface area (Å²) in [6.45, 7) is 0.572. The van der Waals surface area contributed by atoms with Gasteiger partial charge in [0, 0.05) is 17.7 Å². The zero-order valence-electron chi connectivity index (χ0n) is 15.9. The fraction of sp³-hybridized carbons (Fsp3) is 0.0909. The van der Waals surface area contributed by atoms with Crippen LogP contribution in [0.5, 0.6) is 5.88 Å². The Labute approximate surface area is 171 Å². The van der Waals surface area contributed by atoms with Crippen molar-refractivity contribution in [3.8, 4) is 17.3 Å². The summed E-state index contributed by atoms with van der Waals surface area (Å²) < 4.78 is 20.3. The van der Waals surface area contributed by atoms with Gasteiger partial charge in [0.25, 0.3) is 0 Å². The monoisotopic (exact) mass is 403 g/mol. The van der Waals surface area contributed by atoms with Gasteiger partial charge in [-0.3, -0.25) is 4.79 Å². The minimum absolute atomic E-state index is 0.205. The number of carbonyl (C=O) groups is 1. The van der Waals surface area contributed by atoms with E-state index in [9.17, 15) is 9.18 Å². The highest BCUT2D eigenvalue weighted by molar-refractivity contribution is 5.91. The molecule has 30 heavy (non-hydrogen) atoms. The van der Waals surface area contributed by atoms with Crippen LogP contribution >= 0.6 is 0 Å². The van der Waals surface area contributed by atoms with Crippen molar-refractivity contribution in [1.29, 1.82) is 0 Å². The number of nitrogens with zero attached hydrogens (tertiary/aromatic N) is 4. The Morgan fingerprint density at radius 1 is 1.03 bits per heavy atom. The van der Waals surface area contributed by atoms with E-state index in [1.165, 1.54) is 22.7 Å². The molecule has 0 bridgehead atoms. The Morgan fingerprint density at radius 2 is 1.83 bits per heavy atom. The Morgan fingerprint density at radius 3 is 2.63 bits per heavy atom. The number of nitrogens with one attached hydrogen (secondary N) is 1. The number of rotatable bonds is 7. The van der Waals surface area contributed by atoms with E-state index in [-0.39, 0.29) is 18.3 Å². The van der Waals surface area contributed by atoms with Crippen molar-refractivity contribution in [2.75, 3.05) is 13.2 Å². The third kappa shape index (κ3) is 4.67. The van der Waals surface area contributed by atoms with Gasteiger partial charge in [-0.05, 0) is 42.0 Å². The van der Waals surface area contributed by atoms with Crippen LogP contribution in [0, 0.1) is 5.82 Å². The molecule has 0 saturated carbocycles. The molecule has 2 heterocycles. The molecule has 1 amide bonds. The predicted octanol–water partition coefficient (Wildman–Crippen LogP) is 3.14. The first kappa shape index (κ1) is 19.3.